The lowest BCUT2D eigenvalue weighted by molar-refractivity contribution is 0.754. The molecule has 0 bridgehead atoms. The number of anilines is 1. The number of rotatable bonds is 2. The van der Waals surface area contributed by atoms with Gasteiger partial charge in [-0.2, -0.15) is 0 Å². The summed E-state index contributed by atoms with van der Waals surface area (Å²) >= 11 is 5.23. The van der Waals surface area contributed by atoms with Gasteiger partial charge in [0.05, 0.1) is 10.2 Å². The van der Waals surface area contributed by atoms with Crippen molar-refractivity contribution in [1.29, 1.82) is 0 Å². The van der Waals surface area contributed by atoms with Gasteiger partial charge in [0.1, 0.15) is 0 Å². The maximum absolute atomic E-state index is 4.60. The molecule has 3 rings (SSSR count). The van der Waals surface area contributed by atoms with Gasteiger partial charge in [-0.15, -0.1) is 0 Å². The van der Waals surface area contributed by atoms with Crippen molar-refractivity contribution in [3.8, 4) is 0 Å². The van der Waals surface area contributed by atoms with Crippen LogP contribution in [0.15, 0.2) is 22.7 Å². The fourth-order valence-corrected chi connectivity index (χ4v) is 3.70. The second-order valence-corrected chi connectivity index (χ2v) is 6.20. The Hall–Kier alpha value is -0.610. The molecule has 2 nitrogen and oxygen atoms in total. The molecule has 1 aliphatic rings. The number of hydrogen-bond acceptors (Lipinski definition) is 3. The average Bonchev–Trinajstić information content (AvgIpc) is 2.86. The highest BCUT2D eigenvalue weighted by atomic mass is 79.9. The van der Waals surface area contributed by atoms with Gasteiger partial charge in [0.2, 0.25) is 0 Å². The summed E-state index contributed by atoms with van der Waals surface area (Å²) in [4.78, 5) is 4.60. The first-order valence-corrected chi connectivity index (χ1v) is 7.25. The maximum Gasteiger partial charge on any atom is 0.184 e. The van der Waals surface area contributed by atoms with Gasteiger partial charge in [0.25, 0.3) is 0 Å². The molecule has 2 aromatic rings. The number of thiazole rings is 1. The zero-order chi connectivity index (χ0) is 11.0. The van der Waals surface area contributed by atoms with Crippen LogP contribution in [0.5, 0.6) is 0 Å². The van der Waals surface area contributed by atoms with Crippen molar-refractivity contribution in [2.24, 2.45) is 0 Å². The van der Waals surface area contributed by atoms with E-state index in [0.29, 0.717) is 6.04 Å². The van der Waals surface area contributed by atoms with Gasteiger partial charge in [-0.25, -0.2) is 4.98 Å². The lowest BCUT2D eigenvalue weighted by Gasteiger charge is -2.09. The number of fused-ring (bicyclic) bond motifs is 1. The van der Waals surface area contributed by atoms with Crippen LogP contribution in [0.3, 0.4) is 0 Å². The van der Waals surface area contributed by atoms with E-state index in [4.69, 9.17) is 0 Å². The highest BCUT2D eigenvalue weighted by molar-refractivity contribution is 9.10. The Balaban J connectivity index is 1.86. The lowest BCUT2D eigenvalue weighted by Crippen LogP contribution is -2.13. The van der Waals surface area contributed by atoms with Gasteiger partial charge in [0.15, 0.2) is 5.13 Å². The summed E-state index contributed by atoms with van der Waals surface area (Å²) in [5, 5.41) is 4.61. The van der Waals surface area contributed by atoms with Crippen LogP contribution in [0, 0.1) is 0 Å². The number of nitrogens with zero attached hydrogens (tertiary/aromatic N) is 1. The van der Waals surface area contributed by atoms with Gasteiger partial charge >= 0.3 is 0 Å². The number of aromatic nitrogens is 1. The molecule has 0 saturated heterocycles. The highest BCUT2D eigenvalue weighted by Gasteiger charge is 2.16. The summed E-state index contributed by atoms with van der Waals surface area (Å²) < 4.78 is 2.37. The van der Waals surface area contributed by atoms with E-state index >= 15 is 0 Å². The Labute approximate surface area is 107 Å². The van der Waals surface area contributed by atoms with Crippen LogP contribution in [0.2, 0.25) is 0 Å². The number of halogens is 1. The Morgan fingerprint density at radius 2 is 2.12 bits per heavy atom. The van der Waals surface area contributed by atoms with Crippen molar-refractivity contribution in [3.63, 3.8) is 0 Å². The van der Waals surface area contributed by atoms with Crippen LogP contribution in [0.25, 0.3) is 10.2 Å². The zero-order valence-corrected chi connectivity index (χ0v) is 11.3. The monoisotopic (exact) mass is 296 g/mol. The zero-order valence-electron chi connectivity index (χ0n) is 8.87. The van der Waals surface area contributed by atoms with Gasteiger partial charge in [0, 0.05) is 10.5 Å². The molecule has 1 fully saturated rings. The van der Waals surface area contributed by atoms with Gasteiger partial charge in [-0.1, -0.05) is 40.1 Å². The van der Waals surface area contributed by atoms with Crippen molar-refractivity contribution in [2.75, 3.05) is 5.32 Å². The minimum atomic E-state index is 0.643. The Kier molecular flexibility index (Phi) is 2.86. The number of benzene rings is 1. The van der Waals surface area contributed by atoms with Gasteiger partial charge < -0.3 is 5.32 Å². The van der Waals surface area contributed by atoms with Crippen molar-refractivity contribution in [1.82, 2.24) is 4.98 Å². The molecule has 1 N–H and O–H groups in total. The Morgan fingerprint density at radius 3 is 2.94 bits per heavy atom. The van der Waals surface area contributed by atoms with Crippen LogP contribution in [0.1, 0.15) is 25.7 Å². The molecule has 0 radical (unpaired) electrons. The predicted molar refractivity (Wildman–Crippen MR) is 73.2 cm³/mol. The number of hydrogen-bond donors (Lipinski definition) is 1. The Morgan fingerprint density at radius 1 is 1.31 bits per heavy atom. The maximum atomic E-state index is 4.60. The highest BCUT2D eigenvalue weighted by Crippen LogP contribution is 2.30. The molecule has 1 saturated carbocycles. The van der Waals surface area contributed by atoms with Crippen LogP contribution >= 0.6 is 27.3 Å². The fraction of sp³-hybridized carbons (Fsp3) is 0.417. The van der Waals surface area contributed by atoms with Crippen LogP contribution < -0.4 is 5.32 Å². The summed E-state index contributed by atoms with van der Waals surface area (Å²) in [5.74, 6) is 0. The topological polar surface area (TPSA) is 24.9 Å². The molecule has 4 heteroatoms. The SMILES string of the molecule is Brc1ccc2nc(NC3CCCC3)sc2c1. The molecule has 16 heavy (non-hydrogen) atoms. The third-order valence-corrected chi connectivity index (χ3v) is 4.48. The van der Waals surface area contributed by atoms with E-state index in [-0.39, 0.29) is 0 Å². The molecule has 0 aliphatic heterocycles. The van der Waals surface area contributed by atoms with E-state index in [1.54, 1.807) is 11.3 Å². The van der Waals surface area contributed by atoms with Gasteiger partial charge in [-0.05, 0) is 31.0 Å². The normalized spacial score (nSPS) is 17.1. The third-order valence-electron chi connectivity index (χ3n) is 3.03. The van der Waals surface area contributed by atoms with Gasteiger partial charge in [-0.3, -0.25) is 0 Å². The minimum absolute atomic E-state index is 0.643. The molecular weight excluding hydrogens is 284 g/mol. The fourth-order valence-electron chi connectivity index (χ4n) is 2.20. The molecular formula is C12H13BrN2S. The lowest BCUT2D eigenvalue weighted by atomic mass is 10.3. The minimum Gasteiger partial charge on any atom is -0.359 e. The summed E-state index contributed by atoms with van der Waals surface area (Å²) in [6.45, 7) is 0. The van der Waals surface area contributed by atoms with Crippen molar-refractivity contribution in [3.05, 3.63) is 22.7 Å². The molecule has 1 aromatic heterocycles. The first kappa shape index (κ1) is 10.5. The van der Waals surface area contributed by atoms with E-state index < -0.39 is 0 Å². The molecule has 1 heterocycles. The molecule has 1 aliphatic carbocycles. The van der Waals surface area contributed by atoms with Crippen molar-refractivity contribution < 1.29 is 0 Å². The first-order valence-electron chi connectivity index (χ1n) is 5.64. The summed E-state index contributed by atoms with van der Waals surface area (Å²) in [7, 11) is 0. The third kappa shape index (κ3) is 2.09. The summed E-state index contributed by atoms with van der Waals surface area (Å²) in [6, 6.07) is 6.88. The van der Waals surface area contributed by atoms with E-state index in [1.807, 2.05) is 6.07 Å². The summed E-state index contributed by atoms with van der Waals surface area (Å²) in [6.07, 6.45) is 5.29. The predicted octanol–water partition coefficient (Wildman–Crippen LogP) is 4.41. The second-order valence-electron chi connectivity index (χ2n) is 4.26. The van der Waals surface area contributed by atoms with E-state index in [2.05, 4.69) is 38.4 Å². The van der Waals surface area contributed by atoms with E-state index in [1.165, 1.54) is 30.4 Å². The largest absolute Gasteiger partial charge is 0.359 e. The summed E-state index contributed by atoms with van der Waals surface area (Å²) in [5.41, 5.74) is 1.09. The standard InChI is InChI=1S/C12H13BrN2S/c13-8-5-6-10-11(7-8)16-12(15-10)14-9-3-1-2-4-9/h5-7,9H,1-4H2,(H,14,15). The molecule has 1 aromatic carbocycles. The average molecular weight is 297 g/mol. The van der Waals surface area contributed by atoms with E-state index in [9.17, 15) is 0 Å². The van der Waals surface area contributed by atoms with Crippen LogP contribution in [-0.4, -0.2) is 11.0 Å². The molecule has 0 unspecified atom stereocenters. The second kappa shape index (κ2) is 4.34. The quantitative estimate of drug-likeness (QED) is 0.888. The van der Waals surface area contributed by atoms with Crippen LogP contribution in [-0.2, 0) is 0 Å². The molecule has 0 atom stereocenters. The van der Waals surface area contributed by atoms with Crippen LogP contribution in [0.4, 0.5) is 5.13 Å². The van der Waals surface area contributed by atoms with Crippen molar-refractivity contribution >= 4 is 42.6 Å². The molecule has 0 amide bonds. The van der Waals surface area contributed by atoms with Crippen molar-refractivity contribution in [2.45, 2.75) is 31.7 Å². The molecule has 84 valence electrons. The smallest absolute Gasteiger partial charge is 0.184 e. The number of nitrogens with one attached hydrogen (secondary N) is 1. The Bertz CT molecular complexity index is 503. The first-order chi connectivity index (χ1) is 7.81. The molecule has 0 spiro atoms. The van der Waals surface area contributed by atoms with E-state index in [0.717, 1.165) is 15.1 Å².